The Morgan fingerprint density at radius 2 is 1.79 bits per heavy atom. The highest BCUT2D eigenvalue weighted by Crippen LogP contribution is 2.48. The molecule has 0 aliphatic heterocycles. The maximum atomic E-state index is 13.1. The lowest BCUT2D eigenvalue weighted by Crippen LogP contribution is -2.40. The number of benzene rings is 2. The van der Waals surface area contributed by atoms with Crippen LogP contribution in [-0.2, 0) is 6.42 Å². The molecule has 0 saturated carbocycles. The predicted molar refractivity (Wildman–Crippen MR) is 101 cm³/mol. The first kappa shape index (κ1) is 19.1. The first-order valence-electron chi connectivity index (χ1n) is 9.02. The van der Waals surface area contributed by atoms with E-state index in [1.54, 1.807) is 12.1 Å². The fourth-order valence-electron chi connectivity index (χ4n) is 4.28. The minimum atomic E-state index is -1.59. The number of aliphatic hydroxyl groups excluding tert-OH is 1. The lowest BCUT2D eigenvalue weighted by atomic mass is 9.72. The number of aliphatic hydroxyl groups is 2. The van der Waals surface area contributed by atoms with Crippen LogP contribution in [-0.4, -0.2) is 57.0 Å². The van der Waals surface area contributed by atoms with Crippen molar-refractivity contribution in [2.45, 2.75) is 24.9 Å². The predicted octanol–water partition coefficient (Wildman–Crippen LogP) is 1.31. The van der Waals surface area contributed by atoms with Crippen LogP contribution in [0.3, 0.4) is 0 Å². The van der Waals surface area contributed by atoms with Gasteiger partial charge in [0, 0.05) is 30.6 Å². The summed E-state index contributed by atoms with van der Waals surface area (Å²) in [6.45, 7) is -0.368. The molecular formula is C21H19NO7. The molecule has 0 spiro atoms. The van der Waals surface area contributed by atoms with Crippen LogP contribution in [0.2, 0.25) is 0 Å². The fraction of sp³-hybridized carbons (Fsp3) is 0.286. The van der Waals surface area contributed by atoms with E-state index in [0.717, 1.165) is 0 Å². The van der Waals surface area contributed by atoms with Gasteiger partial charge in [-0.15, -0.1) is 0 Å². The Morgan fingerprint density at radius 3 is 2.45 bits per heavy atom. The first-order chi connectivity index (χ1) is 13.7. The van der Waals surface area contributed by atoms with Crippen molar-refractivity contribution in [2.75, 3.05) is 13.7 Å². The summed E-state index contributed by atoms with van der Waals surface area (Å²) in [4.78, 5) is 25.8. The zero-order chi connectivity index (χ0) is 21.1. The largest absolute Gasteiger partial charge is 0.507 e. The van der Waals surface area contributed by atoms with Crippen molar-refractivity contribution >= 4 is 17.3 Å². The average molecular weight is 397 g/mol. The van der Waals surface area contributed by atoms with E-state index in [2.05, 4.69) is 0 Å². The third-order valence-corrected chi connectivity index (χ3v) is 5.62. The Bertz CT molecular complexity index is 1100. The average Bonchev–Trinajstić information content (AvgIpc) is 2.67. The molecule has 4 rings (SSSR count). The Kier molecular flexibility index (Phi) is 4.21. The maximum absolute atomic E-state index is 13.1. The standard InChI is InChI=1S/C21H19NO7/c1-29-12-4-2-3-9-14(12)17(22)15-16(18(9)25)19(26)10-7-21(28,5-6-23)8-11(24)13(10)20(15)27/h2-4,22-23,26-28H,5-8H2,1H3/t21-/m0/s1. The Labute approximate surface area is 165 Å². The molecule has 2 aliphatic carbocycles. The number of rotatable bonds is 3. The number of nitrogens with one attached hydrogen (secondary N) is 1. The van der Waals surface area contributed by atoms with E-state index in [0.29, 0.717) is 0 Å². The van der Waals surface area contributed by atoms with Gasteiger partial charge in [0.05, 0.1) is 40.7 Å². The number of phenolic OH excluding ortho intramolecular Hbond substituents is 2. The summed E-state index contributed by atoms with van der Waals surface area (Å²) in [7, 11) is 1.39. The number of Topliss-reactive ketones (excluding diaryl/α,β-unsaturated/α-hetero) is 1. The van der Waals surface area contributed by atoms with Crippen molar-refractivity contribution in [3.63, 3.8) is 0 Å². The molecule has 0 bridgehead atoms. The van der Waals surface area contributed by atoms with Gasteiger partial charge in [0.2, 0.25) is 0 Å². The smallest absolute Gasteiger partial charge is 0.198 e. The monoisotopic (exact) mass is 397 g/mol. The quantitative estimate of drug-likeness (QED) is 0.418. The highest BCUT2D eigenvalue weighted by Gasteiger charge is 2.44. The molecule has 1 atom stereocenters. The second-order valence-electron chi connectivity index (χ2n) is 7.36. The molecule has 0 aromatic heterocycles. The number of phenols is 2. The van der Waals surface area contributed by atoms with Crippen molar-refractivity contribution < 1.29 is 34.8 Å². The molecule has 2 aromatic carbocycles. The number of fused-ring (bicyclic) bond motifs is 3. The minimum Gasteiger partial charge on any atom is -0.507 e. The molecular weight excluding hydrogens is 378 g/mol. The molecule has 0 radical (unpaired) electrons. The van der Waals surface area contributed by atoms with E-state index in [1.165, 1.54) is 13.2 Å². The van der Waals surface area contributed by atoms with E-state index in [9.17, 15) is 30.0 Å². The maximum Gasteiger partial charge on any atom is 0.198 e. The number of ether oxygens (including phenoxy) is 1. The summed E-state index contributed by atoms with van der Waals surface area (Å²) < 4.78 is 5.24. The van der Waals surface area contributed by atoms with Crippen LogP contribution in [0, 0.1) is 5.41 Å². The first-order valence-corrected chi connectivity index (χ1v) is 9.02. The van der Waals surface area contributed by atoms with E-state index in [1.807, 2.05) is 0 Å². The summed E-state index contributed by atoms with van der Waals surface area (Å²) in [6, 6.07) is 4.63. The molecule has 8 nitrogen and oxygen atoms in total. The van der Waals surface area contributed by atoms with Crippen molar-refractivity contribution in [1.29, 1.82) is 5.41 Å². The lowest BCUT2D eigenvalue weighted by molar-refractivity contribution is 0.00639. The van der Waals surface area contributed by atoms with Crippen LogP contribution < -0.4 is 4.74 Å². The van der Waals surface area contributed by atoms with E-state index < -0.39 is 28.7 Å². The van der Waals surface area contributed by atoms with Crippen LogP contribution in [0.4, 0.5) is 0 Å². The molecule has 2 aliphatic rings. The lowest BCUT2D eigenvalue weighted by Gasteiger charge is -2.34. The molecule has 0 heterocycles. The number of hydrogen-bond donors (Lipinski definition) is 5. The molecule has 0 unspecified atom stereocenters. The SMILES string of the molecule is COc1cccc2c1C(=N)c1c(O)c3c(c(O)c1C2=O)C[C@@](O)(CCO)CC3=O. The highest BCUT2D eigenvalue weighted by molar-refractivity contribution is 6.33. The summed E-state index contributed by atoms with van der Waals surface area (Å²) in [5, 5.41) is 50.1. The second-order valence-corrected chi connectivity index (χ2v) is 7.36. The van der Waals surface area contributed by atoms with Gasteiger partial charge in [-0.3, -0.25) is 15.0 Å². The number of carbonyl (C=O) groups excluding carboxylic acids is 2. The van der Waals surface area contributed by atoms with Gasteiger partial charge in [0.1, 0.15) is 17.2 Å². The normalized spacial score (nSPS) is 20.2. The molecule has 8 heteroatoms. The molecule has 29 heavy (non-hydrogen) atoms. The third kappa shape index (κ3) is 2.56. The van der Waals surface area contributed by atoms with Gasteiger partial charge in [0.25, 0.3) is 0 Å². The van der Waals surface area contributed by atoms with Crippen LogP contribution >= 0.6 is 0 Å². The van der Waals surface area contributed by atoms with Crippen molar-refractivity contribution in [2.24, 2.45) is 0 Å². The number of ketones is 2. The topological polar surface area (TPSA) is 148 Å². The zero-order valence-corrected chi connectivity index (χ0v) is 15.6. The van der Waals surface area contributed by atoms with Gasteiger partial charge in [-0.05, 0) is 12.5 Å². The molecule has 0 amide bonds. The van der Waals surface area contributed by atoms with Crippen LogP contribution in [0.25, 0.3) is 0 Å². The number of hydrogen-bond acceptors (Lipinski definition) is 8. The summed E-state index contributed by atoms with van der Waals surface area (Å²) >= 11 is 0. The van der Waals surface area contributed by atoms with E-state index in [-0.39, 0.29) is 70.7 Å². The molecule has 0 saturated heterocycles. The summed E-state index contributed by atoms with van der Waals surface area (Å²) in [6.07, 6.45) is -0.667. The second kappa shape index (κ2) is 6.40. The van der Waals surface area contributed by atoms with Gasteiger partial charge in [-0.2, -0.15) is 0 Å². The number of aromatic hydroxyl groups is 2. The molecule has 150 valence electrons. The van der Waals surface area contributed by atoms with Crippen LogP contribution in [0.1, 0.15) is 55.8 Å². The van der Waals surface area contributed by atoms with Gasteiger partial charge < -0.3 is 25.2 Å². The Hall–Kier alpha value is -3.23. The van der Waals surface area contributed by atoms with E-state index >= 15 is 0 Å². The summed E-state index contributed by atoms with van der Waals surface area (Å²) in [5.74, 6) is -2.11. The zero-order valence-electron chi connectivity index (χ0n) is 15.6. The Morgan fingerprint density at radius 1 is 1.07 bits per heavy atom. The van der Waals surface area contributed by atoms with E-state index in [4.69, 9.17) is 10.1 Å². The van der Waals surface area contributed by atoms with Crippen molar-refractivity contribution in [1.82, 2.24) is 0 Å². The van der Waals surface area contributed by atoms with Gasteiger partial charge in [-0.25, -0.2) is 0 Å². The number of methoxy groups -OCH3 is 1. The van der Waals surface area contributed by atoms with Gasteiger partial charge in [0.15, 0.2) is 11.6 Å². The molecule has 5 N–H and O–H groups in total. The minimum absolute atomic E-state index is 0.0547. The number of carbonyl (C=O) groups is 2. The van der Waals surface area contributed by atoms with Crippen molar-refractivity contribution in [3.05, 3.63) is 51.6 Å². The molecule has 0 fully saturated rings. The van der Waals surface area contributed by atoms with Crippen LogP contribution in [0.15, 0.2) is 18.2 Å². The molecule has 2 aromatic rings. The Balaban J connectivity index is 2.01. The highest BCUT2D eigenvalue weighted by atomic mass is 16.5. The third-order valence-electron chi connectivity index (χ3n) is 5.62. The van der Waals surface area contributed by atoms with Gasteiger partial charge in [-0.1, -0.05) is 12.1 Å². The van der Waals surface area contributed by atoms with Gasteiger partial charge >= 0.3 is 0 Å². The van der Waals surface area contributed by atoms with Crippen molar-refractivity contribution in [3.8, 4) is 17.2 Å². The van der Waals surface area contributed by atoms with Crippen LogP contribution in [0.5, 0.6) is 17.2 Å². The summed E-state index contributed by atoms with van der Waals surface area (Å²) in [5.41, 5.74) is -2.32. The fourth-order valence-corrected chi connectivity index (χ4v) is 4.28.